The first kappa shape index (κ1) is 14.0. The number of carbonyl (C=O) groups excluding carboxylic acids is 1. The predicted molar refractivity (Wildman–Crippen MR) is 73.2 cm³/mol. The molecule has 1 aromatic heterocycles. The van der Waals surface area contributed by atoms with Crippen molar-refractivity contribution >= 4 is 22.2 Å². The standard InChI is InChI=1S/C12H17N3O3S/c13-7-9(8-3-1-2-4-8)14-12(16)10-5-6-11(19-10)15(17)18/h5-6,8-9H,1-4,7,13H2,(H,14,16). The molecule has 6 nitrogen and oxygen atoms in total. The Morgan fingerprint density at radius 3 is 2.74 bits per heavy atom. The van der Waals surface area contributed by atoms with Crippen LogP contribution in [-0.4, -0.2) is 23.4 Å². The number of hydrogen-bond donors (Lipinski definition) is 2. The van der Waals surface area contributed by atoms with Gasteiger partial charge in [-0.05, 0) is 24.8 Å². The Bertz CT molecular complexity index is 469. The van der Waals surface area contributed by atoms with Crippen LogP contribution in [0.4, 0.5) is 5.00 Å². The molecule has 0 saturated heterocycles. The van der Waals surface area contributed by atoms with E-state index in [1.165, 1.54) is 25.0 Å². The first-order valence-corrected chi connectivity index (χ1v) is 7.18. The van der Waals surface area contributed by atoms with Crippen molar-refractivity contribution in [2.24, 2.45) is 11.7 Å². The largest absolute Gasteiger partial charge is 0.347 e. The molecule has 0 radical (unpaired) electrons. The van der Waals surface area contributed by atoms with Gasteiger partial charge in [-0.1, -0.05) is 24.2 Å². The third-order valence-electron chi connectivity index (χ3n) is 3.53. The topological polar surface area (TPSA) is 98.3 Å². The molecule has 19 heavy (non-hydrogen) atoms. The first-order valence-electron chi connectivity index (χ1n) is 6.37. The van der Waals surface area contributed by atoms with Gasteiger partial charge >= 0.3 is 5.00 Å². The molecule has 0 aromatic carbocycles. The van der Waals surface area contributed by atoms with Crippen LogP contribution in [0, 0.1) is 16.0 Å². The maximum atomic E-state index is 12.0. The Kier molecular flexibility index (Phi) is 4.49. The first-order chi connectivity index (χ1) is 9.11. The predicted octanol–water partition coefficient (Wildman–Crippen LogP) is 1.90. The Balaban J connectivity index is 2.00. The van der Waals surface area contributed by atoms with Crippen LogP contribution >= 0.6 is 11.3 Å². The average molecular weight is 283 g/mol. The maximum Gasteiger partial charge on any atom is 0.324 e. The van der Waals surface area contributed by atoms with Crippen molar-refractivity contribution in [2.75, 3.05) is 6.54 Å². The fraction of sp³-hybridized carbons (Fsp3) is 0.583. The summed E-state index contributed by atoms with van der Waals surface area (Å²) in [6.07, 6.45) is 4.54. The van der Waals surface area contributed by atoms with Crippen LogP contribution in [0.3, 0.4) is 0 Å². The minimum absolute atomic E-state index is 0.0182. The molecule has 3 N–H and O–H groups in total. The van der Waals surface area contributed by atoms with Crippen LogP contribution in [0.15, 0.2) is 12.1 Å². The summed E-state index contributed by atoms with van der Waals surface area (Å²) in [4.78, 5) is 22.5. The molecule has 1 unspecified atom stereocenters. The summed E-state index contributed by atoms with van der Waals surface area (Å²) in [6, 6.07) is 2.81. The summed E-state index contributed by atoms with van der Waals surface area (Å²) in [7, 11) is 0. The number of nitrogens with zero attached hydrogens (tertiary/aromatic N) is 1. The molecule has 1 heterocycles. The SMILES string of the molecule is NCC(NC(=O)c1ccc([N+](=O)[O-])s1)C1CCCC1. The van der Waals surface area contributed by atoms with Crippen molar-refractivity contribution in [1.82, 2.24) is 5.32 Å². The van der Waals surface area contributed by atoms with Crippen LogP contribution in [-0.2, 0) is 0 Å². The molecule has 0 bridgehead atoms. The van der Waals surface area contributed by atoms with Gasteiger partial charge in [0.05, 0.1) is 9.80 Å². The van der Waals surface area contributed by atoms with Gasteiger partial charge in [0, 0.05) is 18.7 Å². The van der Waals surface area contributed by atoms with E-state index >= 15 is 0 Å². The Hall–Kier alpha value is -1.47. The van der Waals surface area contributed by atoms with Crippen LogP contribution < -0.4 is 11.1 Å². The van der Waals surface area contributed by atoms with Crippen LogP contribution in [0.5, 0.6) is 0 Å². The minimum atomic E-state index is -0.487. The van der Waals surface area contributed by atoms with Gasteiger partial charge in [0.25, 0.3) is 5.91 Å². The van der Waals surface area contributed by atoms with Crippen LogP contribution in [0.25, 0.3) is 0 Å². The van der Waals surface area contributed by atoms with Crippen molar-refractivity contribution in [1.29, 1.82) is 0 Å². The highest BCUT2D eigenvalue weighted by Crippen LogP contribution is 2.28. The maximum absolute atomic E-state index is 12.0. The molecule has 104 valence electrons. The zero-order valence-corrected chi connectivity index (χ0v) is 11.3. The van der Waals surface area contributed by atoms with Gasteiger partial charge in [-0.15, -0.1) is 0 Å². The molecule has 1 aliphatic carbocycles. The van der Waals surface area contributed by atoms with E-state index in [9.17, 15) is 14.9 Å². The molecule has 0 aliphatic heterocycles. The normalized spacial score (nSPS) is 17.3. The average Bonchev–Trinajstić information content (AvgIpc) is 3.05. The number of nitrogens with two attached hydrogens (primary N) is 1. The number of rotatable bonds is 5. The summed E-state index contributed by atoms with van der Waals surface area (Å²) in [5.74, 6) is 0.171. The second-order valence-corrected chi connectivity index (χ2v) is 5.82. The number of amides is 1. The molecular formula is C12H17N3O3S. The van der Waals surface area contributed by atoms with Crippen molar-refractivity contribution in [2.45, 2.75) is 31.7 Å². The van der Waals surface area contributed by atoms with E-state index in [4.69, 9.17) is 5.73 Å². The molecule has 0 spiro atoms. The van der Waals surface area contributed by atoms with Gasteiger partial charge in [-0.2, -0.15) is 0 Å². The summed E-state index contributed by atoms with van der Waals surface area (Å²) in [5, 5.41) is 13.5. The zero-order valence-electron chi connectivity index (χ0n) is 10.5. The van der Waals surface area contributed by atoms with E-state index in [2.05, 4.69) is 5.32 Å². The summed E-state index contributed by atoms with van der Waals surface area (Å²) >= 11 is 0.892. The summed E-state index contributed by atoms with van der Waals surface area (Å²) in [5.41, 5.74) is 5.71. The lowest BCUT2D eigenvalue weighted by Gasteiger charge is -2.22. The number of thiophene rings is 1. The third-order valence-corrected chi connectivity index (χ3v) is 4.57. The molecular weight excluding hydrogens is 266 g/mol. The molecule has 2 rings (SSSR count). The fourth-order valence-electron chi connectivity index (χ4n) is 2.52. The number of carbonyl (C=O) groups is 1. The minimum Gasteiger partial charge on any atom is -0.347 e. The van der Waals surface area contributed by atoms with Gasteiger partial charge in [-0.3, -0.25) is 14.9 Å². The van der Waals surface area contributed by atoms with Crippen LogP contribution in [0.2, 0.25) is 0 Å². The van der Waals surface area contributed by atoms with E-state index in [0.29, 0.717) is 17.3 Å². The zero-order chi connectivity index (χ0) is 13.8. The molecule has 1 aromatic rings. The Morgan fingerprint density at radius 1 is 1.53 bits per heavy atom. The molecule has 1 amide bonds. The van der Waals surface area contributed by atoms with E-state index in [0.717, 1.165) is 24.2 Å². The van der Waals surface area contributed by atoms with Gasteiger partial charge in [-0.25, -0.2) is 0 Å². The molecule has 1 saturated carbocycles. The molecule has 1 aliphatic rings. The molecule has 7 heteroatoms. The molecule has 1 fully saturated rings. The summed E-state index contributed by atoms with van der Waals surface area (Å²) in [6.45, 7) is 0.407. The third kappa shape index (κ3) is 3.30. The highest BCUT2D eigenvalue weighted by molar-refractivity contribution is 7.17. The van der Waals surface area contributed by atoms with Crippen molar-refractivity contribution in [3.63, 3.8) is 0 Å². The second-order valence-electron chi connectivity index (χ2n) is 4.76. The van der Waals surface area contributed by atoms with Gasteiger partial charge in [0.1, 0.15) is 0 Å². The van der Waals surface area contributed by atoms with Gasteiger partial charge < -0.3 is 11.1 Å². The Labute approximate surface area is 115 Å². The highest BCUT2D eigenvalue weighted by atomic mass is 32.1. The van der Waals surface area contributed by atoms with Crippen molar-refractivity contribution in [3.05, 3.63) is 27.1 Å². The monoisotopic (exact) mass is 283 g/mol. The van der Waals surface area contributed by atoms with Crippen molar-refractivity contribution in [3.8, 4) is 0 Å². The number of nitrogens with one attached hydrogen (secondary N) is 1. The van der Waals surface area contributed by atoms with E-state index in [-0.39, 0.29) is 17.0 Å². The van der Waals surface area contributed by atoms with Gasteiger partial charge in [0.15, 0.2) is 0 Å². The van der Waals surface area contributed by atoms with E-state index in [1.54, 1.807) is 0 Å². The van der Waals surface area contributed by atoms with E-state index < -0.39 is 4.92 Å². The van der Waals surface area contributed by atoms with E-state index in [1.807, 2.05) is 0 Å². The molecule has 1 atom stereocenters. The van der Waals surface area contributed by atoms with Crippen LogP contribution in [0.1, 0.15) is 35.4 Å². The second kappa shape index (κ2) is 6.12. The lowest BCUT2D eigenvalue weighted by molar-refractivity contribution is -0.380. The number of hydrogen-bond acceptors (Lipinski definition) is 5. The fourth-order valence-corrected chi connectivity index (χ4v) is 3.24. The Morgan fingerprint density at radius 2 is 2.21 bits per heavy atom. The lowest BCUT2D eigenvalue weighted by Crippen LogP contribution is -2.44. The smallest absolute Gasteiger partial charge is 0.324 e. The quantitative estimate of drug-likeness (QED) is 0.637. The number of nitro groups is 1. The highest BCUT2D eigenvalue weighted by Gasteiger charge is 2.26. The van der Waals surface area contributed by atoms with Crippen molar-refractivity contribution < 1.29 is 9.72 Å². The lowest BCUT2D eigenvalue weighted by atomic mass is 9.98. The van der Waals surface area contributed by atoms with Gasteiger partial charge in [0.2, 0.25) is 0 Å². The summed E-state index contributed by atoms with van der Waals surface area (Å²) < 4.78 is 0.